The van der Waals surface area contributed by atoms with Gasteiger partial charge in [0.05, 0.1) is 24.4 Å². The number of amides is 1. The highest BCUT2D eigenvalue weighted by molar-refractivity contribution is 5.96. The third-order valence-corrected chi connectivity index (χ3v) is 4.24. The van der Waals surface area contributed by atoms with Crippen LogP contribution in [0.4, 0.5) is 0 Å². The molecule has 0 N–H and O–H groups in total. The Bertz CT molecular complexity index is 462. The first kappa shape index (κ1) is 12.7. The van der Waals surface area contributed by atoms with Crippen molar-refractivity contribution in [2.24, 2.45) is 0 Å². The summed E-state index contributed by atoms with van der Waals surface area (Å²) in [6, 6.07) is 0.226. The SMILES string of the molecule is Cc1noc(C)c1C(=O)N1CCO[C@H]2CCCC[C@@H]21. The van der Waals surface area contributed by atoms with Crippen molar-refractivity contribution >= 4 is 5.91 Å². The van der Waals surface area contributed by atoms with Crippen molar-refractivity contribution in [3.63, 3.8) is 0 Å². The standard InChI is InChI=1S/C14H20N2O3/c1-9-13(10(2)19-15-9)14(17)16-7-8-18-12-6-4-3-5-11(12)16/h11-12H,3-8H2,1-2H3/t11-,12-/m0/s1. The summed E-state index contributed by atoms with van der Waals surface area (Å²) in [5.41, 5.74) is 1.31. The van der Waals surface area contributed by atoms with Crippen LogP contribution < -0.4 is 0 Å². The predicted molar refractivity (Wildman–Crippen MR) is 69.0 cm³/mol. The first-order valence-corrected chi connectivity index (χ1v) is 7.04. The Hall–Kier alpha value is -1.36. The van der Waals surface area contributed by atoms with Gasteiger partial charge in [0.15, 0.2) is 0 Å². The highest BCUT2D eigenvalue weighted by Gasteiger charge is 2.38. The number of nitrogens with zero attached hydrogens (tertiary/aromatic N) is 2. The van der Waals surface area contributed by atoms with Crippen molar-refractivity contribution in [1.29, 1.82) is 0 Å². The van der Waals surface area contributed by atoms with Gasteiger partial charge < -0.3 is 14.2 Å². The topological polar surface area (TPSA) is 55.6 Å². The Balaban J connectivity index is 1.86. The van der Waals surface area contributed by atoms with E-state index in [1.807, 2.05) is 11.8 Å². The molecular weight excluding hydrogens is 244 g/mol. The molecule has 104 valence electrons. The number of hydrogen-bond acceptors (Lipinski definition) is 4. The second-order valence-electron chi connectivity index (χ2n) is 5.46. The van der Waals surface area contributed by atoms with Gasteiger partial charge in [-0.1, -0.05) is 18.0 Å². The fourth-order valence-corrected chi connectivity index (χ4v) is 3.28. The Morgan fingerprint density at radius 1 is 1.32 bits per heavy atom. The number of rotatable bonds is 1. The number of ether oxygens (including phenoxy) is 1. The molecule has 1 aliphatic carbocycles. The number of carbonyl (C=O) groups excluding carboxylic acids is 1. The van der Waals surface area contributed by atoms with E-state index in [2.05, 4.69) is 5.16 Å². The Morgan fingerprint density at radius 3 is 2.84 bits per heavy atom. The van der Waals surface area contributed by atoms with Crippen molar-refractivity contribution in [3.05, 3.63) is 17.0 Å². The molecule has 19 heavy (non-hydrogen) atoms. The van der Waals surface area contributed by atoms with E-state index in [1.54, 1.807) is 6.92 Å². The largest absolute Gasteiger partial charge is 0.374 e. The molecule has 5 nitrogen and oxygen atoms in total. The fourth-order valence-electron chi connectivity index (χ4n) is 3.28. The molecule has 3 rings (SSSR count). The third-order valence-electron chi connectivity index (χ3n) is 4.24. The molecule has 1 aromatic rings. The third kappa shape index (κ3) is 2.16. The number of aromatic nitrogens is 1. The molecule has 0 unspecified atom stereocenters. The summed E-state index contributed by atoms with van der Waals surface area (Å²) in [5, 5.41) is 3.88. The van der Waals surface area contributed by atoms with Crippen LogP contribution in [0.3, 0.4) is 0 Å². The molecule has 0 spiro atoms. The van der Waals surface area contributed by atoms with Crippen LogP contribution in [-0.2, 0) is 4.74 Å². The van der Waals surface area contributed by atoms with Gasteiger partial charge in [0.1, 0.15) is 11.3 Å². The van der Waals surface area contributed by atoms with Crippen LogP contribution in [0.25, 0.3) is 0 Å². The molecule has 1 saturated heterocycles. The molecule has 1 saturated carbocycles. The second kappa shape index (κ2) is 4.96. The van der Waals surface area contributed by atoms with E-state index >= 15 is 0 Å². The second-order valence-corrected chi connectivity index (χ2v) is 5.46. The fraction of sp³-hybridized carbons (Fsp3) is 0.714. The Labute approximate surface area is 112 Å². The molecule has 1 amide bonds. The first-order chi connectivity index (χ1) is 9.18. The maximum atomic E-state index is 12.7. The van der Waals surface area contributed by atoms with Crippen LogP contribution >= 0.6 is 0 Å². The number of morpholine rings is 1. The predicted octanol–water partition coefficient (Wildman–Crippen LogP) is 2.08. The summed E-state index contributed by atoms with van der Waals surface area (Å²) >= 11 is 0. The van der Waals surface area contributed by atoms with Gasteiger partial charge in [-0.2, -0.15) is 0 Å². The molecule has 2 fully saturated rings. The lowest BCUT2D eigenvalue weighted by Gasteiger charge is -2.43. The van der Waals surface area contributed by atoms with Crippen LogP contribution in [0.2, 0.25) is 0 Å². The monoisotopic (exact) mass is 264 g/mol. The summed E-state index contributed by atoms with van der Waals surface area (Å²) in [6.07, 6.45) is 4.70. The van der Waals surface area contributed by atoms with E-state index in [1.165, 1.54) is 12.8 Å². The van der Waals surface area contributed by atoms with Crippen LogP contribution in [0, 0.1) is 13.8 Å². The minimum Gasteiger partial charge on any atom is -0.374 e. The van der Waals surface area contributed by atoms with Gasteiger partial charge in [-0.3, -0.25) is 4.79 Å². The molecule has 2 atom stereocenters. The van der Waals surface area contributed by atoms with E-state index in [0.717, 1.165) is 12.8 Å². The van der Waals surface area contributed by atoms with E-state index in [4.69, 9.17) is 9.26 Å². The van der Waals surface area contributed by atoms with Crippen molar-refractivity contribution in [2.45, 2.75) is 51.7 Å². The lowest BCUT2D eigenvalue weighted by atomic mass is 9.89. The quantitative estimate of drug-likeness (QED) is 0.779. The van der Waals surface area contributed by atoms with Crippen molar-refractivity contribution in [3.8, 4) is 0 Å². The molecular formula is C14H20N2O3. The van der Waals surface area contributed by atoms with Crippen LogP contribution in [-0.4, -0.2) is 41.3 Å². The van der Waals surface area contributed by atoms with Crippen LogP contribution in [0.15, 0.2) is 4.52 Å². The van der Waals surface area contributed by atoms with Crippen molar-refractivity contribution in [2.75, 3.05) is 13.2 Å². The Morgan fingerprint density at radius 2 is 2.11 bits per heavy atom. The number of aryl methyl sites for hydroxylation is 2. The van der Waals surface area contributed by atoms with Gasteiger partial charge in [0.2, 0.25) is 0 Å². The zero-order valence-corrected chi connectivity index (χ0v) is 11.5. The minimum absolute atomic E-state index is 0.0523. The lowest BCUT2D eigenvalue weighted by molar-refractivity contribution is -0.0753. The molecule has 1 aliphatic heterocycles. The van der Waals surface area contributed by atoms with Gasteiger partial charge in [-0.25, -0.2) is 0 Å². The van der Waals surface area contributed by atoms with E-state index in [-0.39, 0.29) is 18.1 Å². The zero-order valence-electron chi connectivity index (χ0n) is 11.5. The number of fused-ring (bicyclic) bond motifs is 1. The minimum atomic E-state index is 0.0523. The van der Waals surface area contributed by atoms with E-state index in [9.17, 15) is 4.79 Å². The average Bonchev–Trinajstić information content (AvgIpc) is 2.77. The molecule has 2 aliphatic rings. The van der Waals surface area contributed by atoms with Crippen molar-refractivity contribution < 1.29 is 14.1 Å². The molecule has 5 heteroatoms. The molecule has 2 heterocycles. The Kier molecular flexibility index (Phi) is 3.31. The average molecular weight is 264 g/mol. The lowest BCUT2D eigenvalue weighted by Crippen LogP contribution is -2.55. The summed E-state index contributed by atoms with van der Waals surface area (Å²) < 4.78 is 10.9. The van der Waals surface area contributed by atoms with Crippen molar-refractivity contribution in [1.82, 2.24) is 10.1 Å². The normalized spacial score (nSPS) is 27.2. The van der Waals surface area contributed by atoms with E-state index in [0.29, 0.717) is 30.2 Å². The smallest absolute Gasteiger partial charge is 0.259 e. The van der Waals surface area contributed by atoms with Crippen LogP contribution in [0.1, 0.15) is 47.5 Å². The molecule has 1 aromatic heterocycles. The van der Waals surface area contributed by atoms with Gasteiger partial charge in [-0.05, 0) is 26.7 Å². The molecule has 0 aromatic carbocycles. The van der Waals surface area contributed by atoms with E-state index < -0.39 is 0 Å². The van der Waals surface area contributed by atoms with Gasteiger partial charge in [0, 0.05) is 6.54 Å². The van der Waals surface area contributed by atoms with Gasteiger partial charge in [-0.15, -0.1) is 0 Å². The van der Waals surface area contributed by atoms with Gasteiger partial charge in [0.25, 0.3) is 5.91 Å². The number of carbonyl (C=O) groups is 1. The summed E-state index contributed by atoms with van der Waals surface area (Å²) in [6.45, 7) is 4.93. The zero-order chi connectivity index (χ0) is 13.4. The highest BCUT2D eigenvalue weighted by Crippen LogP contribution is 2.30. The summed E-state index contributed by atoms with van der Waals surface area (Å²) in [5.74, 6) is 0.665. The number of hydrogen-bond donors (Lipinski definition) is 0. The first-order valence-electron chi connectivity index (χ1n) is 7.04. The summed E-state index contributed by atoms with van der Waals surface area (Å²) in [7, 11) is 0. The summed E-state index contributed by atoms with van der Waals surface area (Å²) in [4.78, 5) is 14.7. The molecule has 0 bridgehead atoms. The highest BCUT2D eigenvalue weighted by atomic mass is 16.5. The maximum absolute atomic E-state index is 12.7. The van der Waals surface area contributed by atoms with Crippen LogP contribution in [0.5, 0.6) is 0 Å². The maximum Gasteiger partial charge on any atom is 0.259 e. The van der Waals surface area contributed by atoms with Gasteiger partial charge >= 0.3 is 0 Å². The molecule has 0 radical (unpaired) electrons.